The molecule has 0 atom stereocenters. The minimum absolute atomic E-state index is 0.0507. The number of halogens is 1. The fourth-order valence-electron chi connectivity index (χ4n) is 2.01. The second-order valence-electron chi connectivity index (χ2n) is 4.09. The molecular formula is C14H13ClO3. The number of hydrogen-bond donors (Lipinski definition) is 0. The highest BCUT2D eigenvalue weighted by Gasteiger charge is 2.30. The second-order valence-corrected chi connectivity index (χ2v) is 4.47. The minimum atomic E-state index is -0.265. The molecule has 1 aromatic rings. The van der Waals surface area contributed by atoms with E-state index in [1.165, 1.54) is 0 Å². The van der Waals surface area contributed by atoms with Gasteiger partial charge in [-0.25, -0.2) is 0 Å². The third-order valence-corrected chi connectivity index (χ3v) is 3.33. The summed E-state index contributed by atoms with van der Waals surface area (Å²) in [4.78, 5) is 24.3. The standard InChI is InChI=1S/C14H13ClO3/c1-18-8-4-7-11-12(15)14(17)10-6-3-2-5-9(10)13(11)16/h2-3,5-6H,4,7-8H2,1H3. The van der Waals surface area contributed by atoms with Gasteiger partial charge in [0.25, 0.3) is 0 Å². The predicted molar refractivity (Wildman–Crippen MR) is 69.1 cm³/mol. The molecule has 0 aliphatic heterocycles. The first-order chi connectivity index (χ1) is 8.66. The van der Waals surface area contributed by atoms with Crippen molar-refractivity contribution < 1.29 is 14.3 Å². The van der Waals surface area contributed by atoms with E-state index in [4.69, 9.17) is 16.3 Å². The molecule has 0 amide bonds. The molecule has 94 valence electrons. The van der Waals surface area contributed by atoms with Crippen LogP contribution in [0.2, 0.25) is 0 Å². The molecule has 1 aromatic carbocycles. The average Bonchev–Trinajstić information content (AvgIpc) is 2.40. The van der Waals surface area contributed by atoms with E-state index in [9.17, 15) is 9.59 Å². The van der Waals surface area contributed by atoms with Gasteiger partial charge in [0.2, 0.25) is 5.78 Å². The zero-order valence-corrected chi connectivity index (χ0v) is 10.8. The van der Waals surface area contributed by atoms with Crippen LogP contribution < -0.4 is 0 Å². The van der Waals surface area contributed by atoms with E-state index in [1.54, 1.807) is 31.4 Å². The smallest absolute Gasteiger partial charge is 0.205 e. The van der Waals surface area contributed by atoms with Gasteiger partial charge in [0.15, 0.2) is 5.78 Å². The number of carbonyl (C=O) groups is 2. The molecular weight excluding hydrogens is 252 g/mol. The van der Waals surface area contributed by atoms with Gasteiger partial charge in [-0.1, -0.05) is 35.9 Å². The molecule has 3 nitrogen and oxygen atoms in total. The number of ether oxygens (including phenoxy) is 1. The topological polar surface area (TPSA) is 43.4 Å². The number of hydrogen-bond acceptors (Lipinski definition) is 3. The zero-order chi connectivity index (χ0) is 13.1. The summed E-state index contributed by atoms with van der Waals surface area (Å²) in [6.07, 6.45) is 1.13. The molecule has 0 saturated heterocycles. The van der Waals surface area contributed by atoms with Gasteiger partial charge in [0.05, 0.1) is 5.03 Å². The Labute approximate surface area is 110 Å². The lowest BCUT2D eigenvalue weighted by Crippen LogP contribution is -2.20. The van der Waals surface area contributed by atoms with Crippen LogP contribution in [0.1, 0.15) is 33.6 Å². The first kappa shape index (κ1) is 13.0. The predicted octanol–water partition coefficient (Wildman–Crippen LogP) is 2.99. The van der Waals surface area contributed by atoms with Crippen LogP contribution >= 0.6 is 11.6 Å². The zero-order valence-electron chi connectivity index (χ0n) is 10.0. The van der Waals surface area contributed by atoms with E-state index >= 15 is 0 Å². The summed E-state index contributed by atoms with van der Waals surface area (Å²) in [5, 5.41) is 0.0507. The first-order valence-electron chi connectivity index (χ1n) is 5.73. The number of Topliss-reactive ketones (excluding diaryl/α,β-unsaturated/α-hetero) is 2. The molecule has 0 fully saturated rings. The minimum Gasteiger partial charge on any atom is -0.385 e. The van der Waals surface area contributed by atoms with Crippen LogP contribution in [0.3, 0.4) is 0 Å². The van der Waals surface area contributed by atoms with E-state index in [-0.39, 0.29) is 16.6 Å². The van der Waals surface area contributed by atoms with Crippen LogP contribution in [0, 0.1) is 0 Å². The summed E-state index contributed by atoms with van der Waals surface area (Å²) in [6, 6.07) is 6.76. The van der Waals surface area contributed by atoms with Crippen molar-refractivity contribution in [1.82, 2.24) is 0 Å². The SMILES string of the molecule is COCCCC1=C(Cl)C(=O)c2ccccc2C1=O. The summed E-state index contributed by atoms with van der Waals surface area (Å²) in [7, 11) is 1.60. The molecule has 2 rings (SSSR count). The van der Waals surface area contributed by atoms with Crippen molar-refractivity contribution in [3.8, 4) is 0 Å². The van der Waals surface area contributed by atoms with Gasteiger partial charge >= 0.3 is 0 Å². The molecule has 0 radical (unpaired) electrons. The molecule has 0 spiro atoms. The molecule has 0 unspecified atom stereocenters. The fourth-order valence-corrected chi connectivity index (χ4v) is 2.30. The Hall–Kier alpha value is -1.45. The highest BCUT2D eigenvalue weighted by atomic mass is 35.5. The largest absolute Gasteiger partial charge is 0.385 e. The summed E-state index contributed by atoms with van der Waals surface area (Å²) in [6.45, 7) is 0.538. The van der Waals surface area contributed by atoms with Gasteiger partial charge < -0.3 is 4.74 Å². The van der Waals surface area contributed by atoms with Crippen molar-refractivity contribution in [1.29, 1.82) is 0 Å². The third-order valence-electron chi connectivity index (χ3n) is 2.93. The van der Waals surface area contributed by atoms with Crippen LogP contribution in [0.4, 0.5) is 0 Å². The maximum Gasteiger partial charge on any atom is 0.205 e. The van der Waals surface area contributed by atoms with E-state index in [1.807, 2.05) is 0 Å². The van der Waals surface area contributed by atoms with E-state index in [2.05, 4.69) is 0 Å². The number of ketones is 2. The van der Waals surface area contributed by atoms with Crippen LogP contribution in [0.15, 0.2) is 34.9 Å². The Morgan fingerprint density at radius 2 is 1.72 bits per heavy atom. The number of fused-ring (bicyclic) bond motifs is 1. The molecule has 1 aliphatic rings. The Bertz CT molecular complexity index is 532. The molecule has 0 saturated carbocycles. The van der Waals surface area contributed by atoms with Crippen molar-refractivity contribution in [3.05, 3.63) is 46.0 Å². The average molecular weight is 265 g/mol. The van der Waals surface area contributed by atoms with Gasteiger partial charge in [0.1, 0.15) is 0 Å². The molecule has 1 aliphatic carbocycles. The lowest BCUT2D eigenvalue weighted by Gasteiger charge is -2.17. The van der Waals surface area contributed by atoms with Crippen LogP contribution in [0.25, 0.3) is 0 Å². The van der Waals surface area contributed by atoms with Crippen molar-refractivity contribution >= 4 is 23.2 Å². The normalized spacial score (nSPS) is 15.0. The van der Waals surface area contributed by atoms with Crippen LogP contribution in [-0.4, -0.2) is 25.3 Å². The molecule has 4 heteroatoms. The molecule has 18 heavy (non-hydrogen) atoms. The second kappa shape index (κ2) is 5.46. The van der Waals surface area contributed by atoms with Gasteiger partial charge in [-0.2, -0.15) is 0 Å². The molecule has 0 bridgehead atoms. The monoisotopic (exact) mass is 264 g/mol. The van der Waals surface area contributed by atoms with Gasteiger partial charge in [0, 0.05) is 30.4 Å². The highest BCUT2D eigenvalue weighted by molar-refractivity contribution is 6.50. The van der Waals surface area contributed by atoms with Crippen molar-refractivity contribution in [2.45, 2.75) is 12.8 Å². The van der Waals surface area contributed by atoms with Gasteiger partial charge in [-0.3, -0.25) is 9.59 Å². The Kier molecular flexibility index (Phi) is 3.94. The van der Waals surface area contributed by atoms with E-state index in [0.717, 1.165) is 0 Å². The lowest BCUT2D eigenvalue weighted by atomic mass is 9.87. The summed E-state index contributed by atoms with van der Waals surface area (Å²) in [5.41, 5.74) is 1.24. The number of methoxy groups -OCH3 is 1. The molecule has 0 N–H and O–H groups in total. The van der Waals surface area contributed by atoms with Gasteiger partial charge in [-0.05, 0) is 12.8 Å². The van der Waals surface area contributed by atoms with Gasteiger partial charge in [-0.15, -0.1) is 0 Å². The summed E-state index contributed by atoms with van der Waals surface area (Å²) < 4.78 is 4.94. The maximum absolute atomic E-state index is 12.2. The number of rotatable bonds is 4. The maximum atomic E-state index is 12.2. The third kappa shape index (κ3) is 2.24. The van der Waals surface area contributed by atoms with Crippen molar-refractivity contribution in [2.24, 2.45) is 0 Å². The molecule has 0 heterocycles. The first-order valence-corrected chi connectivity index (χ1v) is 6.10. The van der Waals surface area contributed by atoms with Crippen LogP contribution in [-0.2, 0) is 4.74 Å². The number of allylic oxidation sites excluding steroid dienone is 2. The molecule has 0 aromatic heterocycles. The van der Waals surface area contributed by atoms with E-state index < -0.39 is 0 Å². The quantitative estimate of drug-likeness (QED) is 0.785. The number of carbonyl (C=O) groups excluding carboxylic acids is 2. The Morgan fingerprint density at radius 1 is 1.11 bits per heavy atom. The van der Waals surface area contributed by atoms with Crippen LogP contribution in [0.5, 0.6) is 0 Å². The summed E-state index contributed by atoms with van der Waals surface area (Å²) in [5.74, 6) is -0.411. The Morgan fingerprint density at radius 3 is 2.33 bits per heavy atom. The summed E-state index contributed by atoms with van der Waals surface area (Å²) >= 11 is 6.00. The van der Waals surface area contributed by atoms with Crippen molar-refractivity contribution in [3.63, 3.8) is 0 Å². The van der Waals surface area contributed by atoms with E-state index in [0.29, 0.717) is 36.1 Å². The fraction of sp³-hybridized carbons (Fsp3) is 0.286. The number of benzene rings is 1. The van der Waals surface area contributed by atoms with Crippen molar-refractivity contribution in [2.75, 3.05) is 13.7 Å². The Balaban J connectivity index is 2.34. The lowest BCUT2D eigenvalue weighted by molar-refractivity contribution is 0.0976. The highest BCUT2D eigenvalue weighted by Crippen LogP contribution is 2.30.